The minimum atomic E-state index is -1.02. The van der Waals surface area contributed by atoms with E-state index in [4.69, 9.17) is 17.3 Å². The highest BCUT2D eigenvalue weighted by Gasteiger charge is 2.31. The first-order valence-electron chi connectivity index (χ1n) is 10.0. The molecule has 1 aliphatic heterocycles. The zero-order valence-electron chi connectivity index (χ0n) is 18.3. The van der Waals surface area contributed by atoms with Crippen LogP contribution in [0.3, 0.4) is 0 Å². The summed E-state index contributed by atoms with van der Waals surface area (Å²) in [4.78, 5) is 24.0. The molecule has 1 heterocycles. The molecule has 0 aromatic heterocycles. The van der Waals surface area contributed by atoms with Gasteiger partial charge in [-0.2, -0.15) is 5.10 Å². The standard InChI is InChI=1S/C24H25N3O3S2/c1-14(26-27-23(31)25-18-7-5-6-16(12-18)22(29)30)19-13-32-21(20(19)28)15-8-10-17(11-9-15)24(2,3)4/h5-13,21H,1-4H3,(H,29,30)(H2,25,27,31)/b26-14+. The van der Waals surface area contributed by atoms with Crippen LogP contribution in [0.15, 0.2) is 64.6 Å². The number of nitrogens with zero attached hydrogens (tertiary/aromatic N) is 1. The molecular weight excluding hydrogens is 442 g/mol. The molecule has 3 N–H and O–H groups in total. The lowest BCUT2D eigenvalue weighted by Gasteiger charge is -2.20. The van der Waals surface area contributed by atoms with Crippen LogP contribution in [0.25, 0.3) is 0 Å². The van der Waals surface area contributed by atoms with E-state index in [-0.39, 0.29) is 27.1 Å². The number of hydrogen-bond donors (Lipinski definition) is 3. The van der Waals surface area contributed by atoms with Gasteiger partial charge in [0.25, 0.3) is 0 Å². The number of carboxylic acid groups (broad SMARTS) is 1. The zero-order valence-corrected chi connectivity index (χ0v) is 19.9. The van der Waals surface area contributed by atoms with Gasteiger partial charge in [-0.15, -0.1) is 11.8 Å². The molecule has 0 saturated heterocycles. The van der Waals surface area contributed by atoms with Crippen LogP contribution in [0, 0.1) is 0 Å². The predicted octanol–water partition coefficient (Wildman–Crippen LogP) is 5.29. The first kappa shape index (κ1) is 23.7. The molecule has 8 heteroatoms. The van der Waals surface area contributed by atoms with Crippen molar-refractivity contribution in [2.75, 3.05) is 5.32 Å². The quantitative estimate of drug-likeness (QED) is 0.313. The number of thiocarbonyl (C=S) groups is 1. The van der Waals surface area contributed by atoms with Gasteiger partial charge in [0.15, 0.2) is 10.9 Å². The average molecular weight is 468 g/mol. The van der Waals surface area contributed by atoms with Crippen molar-refractivity contribution >= 4 is 52.2 Å². The summed E-state index contributed by atoms with van der Waals surface area (Å²) in [5.41, 5.74) is 6.72. The van der Waals surface area contributed by atoms with Gasteiger partial charge in [0.2, 0.25) is 0 Å². The molecular formula is C24H25N3O3S2. The largest absolute Gasteiger partial charge is 0.478 e. The van der Waals surface area contributed by atoms with Gasteiger partial charge in [-0.25, -0.2) is 4.79 Å². The highest BCUT2D eigenvalue weighted by molar-refractivity contribution is 8.03. The van der Waals surface area contributed by atoms with E-state index in [0.717, 1.165) is 5.56 Å². The highest BCUT2D eigenvalue weighted by Crippen LogP contribution is 2.40. The molecule has 0 saturated carbocycles. The van der Waals surface area contributed by atoms with Gasteiger partial charge in [-0.05, 0) is 59.3 Å². The molecule has 0 radical (unpaired) electrons. The van der Waals surface area contributed by atoms with E-state index < -0.39 is 5.97 Å². The normalized spacial score (nSPS) is 16.5. The van der Waals surface area contributed by atoms with E-state index >= 15 is 0 Å². The van der Waals surface area contributed by atoms with Crippen LogP contribution in [0.1, 0.15) is 54.4 Å². The van der Waals surface area contributed by atoms with Crippen LogP contribution in [0.5, 0.6) is 0 Å². The molecule has 3 rings (SSSR count). The minimum Gasteiger partial charge on any atom is -0.478 e. The molecule has 0 aliphatic carbocycles. The Morgan fingerprint density at radius 1 is 1.16 bits per heavy atom. The topological polar surface area (TPSA) is 90.8 Å². The summed E-state index contributed by atoms with van der Waals surface area (Å²) in [5.74, 6) is -1.01. The number of carbonyl (C=O) groups excluding carboxylic acids is 1. The fourth-order valence-electron chi connectivity index (χ4n) is 3.13. The van der Waals surface area contributed by atoms with Crippen LogP contribution in [-0.4, -0.2) is 27.7 Å². The molecule has 1 aliphatic rings. The number of Topliss-reactive ketones (excluding diaryl/α,β-unsaturated/α-hetero) is 1. The number of nitrogens with one attached hydrogen (secondary N) is 2. The van der Waals surface area contributed by atoms with Gasteiger partial charge < -0.3 is 10.4 Å². The molecule has 1 atom stereocenters. The Kier molecular flexibility index (Phi) is 7.16. The number of ketones is 1. The number of carboxylic acids is 1. The average Bonchev–Trinajstić information content (AvgIpc) is 3.13. The summed E-state index contributed by atoms with van der Waals surface area (Å²) in [6, 6.07) is 14.5. The van der Waals surface area contributed by atoms with E-state index in [2.05, 4.69) is 48.7 Å². The van der Waals surface area contributed by atoms with Gasteiger partial charge in [-0.1, -0.05) is 51.1 Å². The third kappa shape index (κ3) is 5.63. The second-order valence-electron chi connectivity index (χ2n) is 8.43. The number of rotatable bonds is 5. The molecule has 2 aromatic rings. The van der Waals surface area contributed by atoms with Gasteiger partial charge in [-0.3, -0.25) is 10.2 Å². The Balaban J connectivity index is 1.62. The Morgan fingerprint density at radius 2 is 1.84 bits per heavy atom. The third-order valence-corrected chi connectivity index (χ3v) is 6.31. The number of allylic oxidation sites excluding steroid dienone is 1. The van der Waals surface area contributed by atoms with Crippen LogP contribution in [-0.2, 0) is 10.2 Å². The van der Waals surface area contributed by atoms with Crippen LogP contribution in [0.4, 0.5) is 5.69 Å². The van der Waals surface area contributed by atoms with Gasteiger partial charge in [0.05, 0.1) is 16.5 Å². The molecule has 6 nitrogen and oxygen atoms in total. The molecule has 166 valence electrons. The van der Waals surface area contributed by atoms with Crippen molar-refractivity contribution in [1.29, 1.82) is 0 Å². The molecule has 0 fully saturated rings. The van der Waals surface area contributed by atoms with E-state index in [1.807, 2.05) is 17.5 Å². The van der Waals surface area contributed by atoms with Crippen molar-refractivity contribution in [2.24, 2.45) is 5.10 Å². The van der Waals surface area contributed by atoms with Gasteiger partial charge in [0, 0.05) is 11.3 Å². The summed E-state index contributed by atoms with van der Waals surface area (Å²) in [7, 11) is 0. The van der Waals surface area contributed by atoms with E-state index in [9.17, 15) is 9.59 Å². The van der Waals surface area contributed by atoms with Crippen molar-refractivity contribution in [3.63, 3.8) is 0 Å². The molecule has 0 spiro atoms. The number of thioether (sulfide) groups is 1. The van der Waals surface area contributed by atoms with Crippen molar-refractivity contribution in [2.45, 2.75) is 38.4 Å². The van der Waals surface area contributed by atoms with E-state index in [0.29, 0.717) is 17.0 Å². The lowest BCUT2D eigenvalue weighted by Crippen LogP contribution is -2.26. The summed E-state index contributed by atoms with van der Waals surface area (Å²) in [5, 5.41) is 17.9. The number of hydrazone groups is 1. The second kappa shape index (κ2) is 9.67. The maximum Gasteiger partial charge on any atom is 0.335 e. The second-order valence-corrected chi connectivity index (χ2v) is 9.82. The Labute approximate surface area is 197 Å². The number of benzene rings is 2. The Bertz CT molecular complexity index is 1120. The van der Waals surface area contributed by atoms with Crippen molar-refractivity contribution in [1.82, 2.24) is 5.43 Å². The Morgan fingerprint density at radius 3 is 2.47 bits per heavy atom. The van der Waals surface area contributed by atoms with E-state index in [1.54, 1.807) is 19.1 Å². The molecule has 2 aromatic carbocycles. The maximum absolute atomic E-state index is 13.0. The summed E-state index contributed by atoms with van der Waals surface area (Å²) in [6.07, 6.45) is 0. The maximum atomic E-state index is 13.0. The zero-order chi connectivity index (χ0) is 23.5. The SMILES string of the molecule is C/C(=N\NC(=S)Nc1cccc(C(=O)O)c1)C1=CSC(c2ccc(C(C)(C)C)cc2)C1=O. The fraction of sp³-hybridized carbons (Fsp3) is 0.250. The predicted molar refractivity (Wildman–Crippen MR) is 134 cm³/mol. The molecule has 0 bridgehead atoms. The molecule has 0 amide bonds. The highest BCUT2D eigenvalue weighted by atomic mass is 32.2. The van der Waals surface area contributed by atoms with Crippen molar-refractivity contribution < 1.29 is 14.7 Å². The minimum absolute atomic E-state index is 0.00888. The van der Waals surface area contributed by atoms with Crippen LogP contribution >= 0.6 is 24.0 Å². The summed E-state index contributed by atoms with van der Waals surface area (Å²) < 4.78 is 0. The smallest absolute Gasteiger partial charge is 0.335 e. The number of anilines is 1. The van der Waals surface area contributed by atoms with Crippen molar-refractivity contribution in [3.8, 4) is 0 Å². The number of carbonyl (C=O) groups is 2. The van der Waals surface area contributed by atoms with Crippen LogP contribution in [0.2, 0.25) is 0 Å². The van der Waals surface area contributed by atoms with Gasteiger partial charge >= 0.3 is 5.97 Å². The van der Waals surface area contributed by atoms with Crippen LogP contribution < -0.4 is 10.7 Å². The fourth-order valence-corrected chi connectivity index (χ4v) is 4.42. The van der Waals surface area contributed by atoms with Crippen molar-refractivity contribution in [3.05, 3.63) is 76.2 Å². The molecule has 1 unspecified atom stereocenters. The monoisotopic (exact) mass is 467 g/mol. The summed E-state index contributed by atoms with van der Waals surface area (Å²) in [6.45, 7) is 8.22. The molecule has 32 heavy (non-hydrogen) atoms. The number of hydrogen-bond acceptors (Lipinski definition) is 5. The lowest BCUT2D eigenvalue weighted by molar-refractivity contribution is -0.114. The summed E-state index contributed by atoms with van der Waals surface area (Å²) >= 11 is 6.69. The third-order valence-electron chi connectivity index (χ3n) is 4.99. The Hall–Kier alpha value is -2.97. The van der Waals surface area contributed by atoms with Gasteiger partial charge in [0.1, 0.15) is 0 Å². The lowest BCUT2D eigenvalue weighted by atomic mass is 9.86. The first-order valence-corrected chi connectivity index (χ1v) is 11.4. The first-order chi connectivity index (χ1) is 15.1. The number of aromatic carboxylic acids is 1. The van der Waals surface area contributed by atoms with E-state index in [1.165, 1.54) is 29.5 Å².